The Kier molecular flexibility index (Phi) is 7.44. The lowest BCUT2D eigenvalue weighted by Crippen LogP contribution is -2.47. The molecule has 0 amide bonds. The summed E-state index contributed by atoms with van der Waals surface area (Å²) in [7, 11) is 1.70. The van der Waals surface area contributed by atoms with Gasteiger partial charge >= 0.3 is 0 Å². The summed E-state index contributed by atoms with van der Waals surface area (Å²) < 4.78 is 11.6. The molecule has 0 radical (unpaired) electrons. The van der Waals surface area contributed by atoms with Crippen LogP contribution in [0.15, 0.2) is 60.7 Å². The highest BCUT2D eigenvalue weighted by Crippen LogP contribution is 2.29. The number of piperazine rings is 1. The van der Waals surface area contributed by atoms with Gasteiger partial charge in [0.1, 0.15) is 6.61 Å². The van der Waals surface area contributed by atoms with E-state index in [0.29, 0.717) is 6.61 Å². The molecular formula is C26H34N2O2. The van der Waals surface area contributed by atoms with Gasteiger partial charge in [-0.15, -0.1) is 0 Å². The first-order valence-corrected chi connectivity index (χ1v) is 11.2. The molecular weight excluding hydrogens is 372 g/mol. The lowest BCUT2D eigenvalue weighted by atomic mass is 9.94. The minimum Gasteiger partial charge on any atom is -0.493 e. The maximum absolute atomic E-state index is 6.09. The fourth-order valence-electron chi connectivity index (χ4n) is 4.44. The molecule has 0 unspecified atom stereocenters. The largest absolute Gasteiger partial charge is 0.493 e. The van der Waals surface area contributed by atoms with Crippen LogP contribution in [0.4, 0.5) is 0 Å². The second-order valence-corrected chi connectivity index (χ2v) is 8.49. The molecule has 1 heterocycles. The van der Waals surface area contributed by atoms with Crippen LogP contribution in [0.1, 0.15) is 30.4 Å². The van der Waals surface area contributed by atoms with Gasteiger partial charge in [0.15, 0.2) is 11.5 Å². The minimum absolute atomic E-state index is 0.551. The molecule has 30 heavy (non-hydrogen) atoms. The zero-order chi connectivity index (χ0) is 20.6. The Balaban J connectivity index is 1.29. The number of hydrogen-bond acceptors (Lipinski definition) is 4. The number of methoxy groups -OCH3 is 1. The fourth-order valence-corrected chi connectivity index (χ4v) is 4.44. The van der Waals surface area contributed by atoms with E-state index in [1.807, 2.05) is 24.3 Å². The molecule has 0 bridgehead atoms. The average Bonchev–Trinajstić information content (AvgIpc) is 2.80. The zero-order valence-corrected chi connectivity index (χ0v) is 18.1. The van der Waals surface area contributed by atoms with E-state index in [1.165, 1.54) is 44.5 Å². The molecule has 4 rings (SSSR count). The summed E-state index contributed by atoms with van der Waals surface area (Å²) >= 11 is 0. The summed E-state index contributed by atoms with van der Waals surface area (Å²) in [6.07, 6.45) is 8.58. The Bertz CT molecular complexity index is 813. The van der Waals surface area contributed by atoms with E-state index < -0.39 is 0 Å². The van der Waals surface area contributed by atoms with E-state index in [2.05, 4.69) is 46.2 Å². The molecule has 160 valence electrons. The molecule has 0 aromatic heterocycles. The lowest BCUT2D eigenvalue weighted by Gasteiger charge is -2.36. The Morgan fingerprint density at radius 2 is 1.67 bits per heavy atom. The zero-order valence-electron chi connectivity index (χ0n) is 18.1. The van der Waals surface area contributed by atoms with Gasteiger partial charge in [-0.25, -0.2) is 0 Å². The van der Waals surface area contributed by atoms with Crippen molar-refractivity contribution in [2.75, 3.05) is 39.8 Å². The van der Waals surface area contributed by atoms with Crippen molar-refractivity contribution in [2.24, 2.45) is 5.92 Å². The van der Waals surface area contributed by atoms with Gasteiger partial charge in [0.2, 0.25) is 0 Å². The average molecular weight is 407 g/mol. The normalized spacial score (nSPS) is 20.2. The van der Waals surface area contributed by atoms with Gasteiger partial charge in [-0.2, -0.15) is 0 Å². The molecule has 1 aliphatic carbocycles. The van der Waals surface area contributed by atoms with Crippen LogP contribution < -0.4 is 9.47 Å². The Labute approximate surface area is 181 Å². The number of hydrogen-bond donors (Lipinski definition) is 0. The first kappa shape index (κ1) is 21.0. The van der Waals surface area contributed by atoms with Crippen molar-refractivity contribution in [2.45, 2.75) is 32.4 Å². The molecule has 1 saturated heterocycles. The summed E-state index contributed by atoms with van der Waals surface area (Å²) in [6, 6.07) is 16.6. The van der Waals surface area contributed by atoms with E-state index in [4.69, 9.17) is 9.47 Å². The monoisotopic (exact) mass is 406 g/mol. The molecule has 4 nitrogen and oxygen atoms in total. The van der Waals surface area contributed by atoms with E-state index in [-0.39, 0.29) is 0 Å². The summed E-state index contributed by atoms with van der Waals surface area (Å²) in [6.45, 7) is 7.39. The van der Waals surface area contributed by atoms with Gasteiger partial charge in [0, 0.05) is 39.3 Å². The topological polar surface area (TPSA) is 24.9 Å². The molecule has 0 spiro atoms. The fraction of sp³-hybridized carbons (Fsp3) is 0.462. The molecule has 1 aliphatic heterocycles. The van der Waals surface area contributed by atoms with Crippen LogP contribution in [0.3, 0.4) is 0 Å². The number of ether oxygens (including phenoxy) is 2. The van der Waals surface area contributed by atoms with Gasteiger partial charge in [-0.1, -0.05) is 48.6 Å². The third-order valence-electron chi connectivity index (χ3n) is 6.23. The highest BCUT2D eigenvalue weighted by atomic mass is 16.5. The lowest BCUT2D eigenvalue weighted by molar-refractivity contribution is 0.111. The van der Waals surface area contributed by atoms with Crippen molar-refractivity contribution in [1.82, 2.24) is 9.80 Å². The Morgan fingerprint density at radius 3 is 2.40 bits per heavy atom. The summed E-state index contributed by atoms with van der Waals surface area (Å²) in [5.74, 6) is 2.47. The van der Waals surface area contributed by atoms with Crippen molar-refractivity contribution >= 4 is 0 Å². The summed E-state index contributed by atoms with van der Waals surface area (Å²) in [4.78, 5) is 5.21. The van der Waals surface area contributed by atoms with E-state index >= 15 is 0 Å². The van der Waals surface area contributed by atoms with E-state index in [1.54, 1.807) is 7.11 Å². The van der Waals surface area contributed by atoms with Crippen LogP contribution >= 0.6 is 0 Å². The van der Waals surface area contributed by atoms with Gasteiger partial charge in [-0.3, -0.25) is 4.90 Å². The maximum Gasteiger partial charge on any atom is 0.161 e. The second kappa shape index (κ2) is 10.6. The number of nitrogens with zero attached hydrogens (tertiary/aromatic N) is 2. The van der Waals surface area contributed by atoms with Crippen molar-refractivity contribution < 1.29 is 9.47 Å². The highest BCUT2D eigenvalue weighted by molar-refractivity contribution is 5.43. The molecule has 2 aliphatic rings. The molecule has 2 aromatic rings. The van der Waals surface area contributed by atoms with Crippen LogP contribution in [0.5, 0.6) is 11.5 Å². The third-order valence-corrected chi connectivity index (χ3v) is 6.23. The molecule has 1 atom stereocenters. The van der Waals surface area contributed by atoms with Crippen LogP contribution in [-0.4, -0.2) is 49.6 Å². The smallest absolute Gasteiger partial charge is 0.161 e. The molecule has 4 heteroatoms. The molecule has 1 fully saturated rings. The molecule has 0 saturated carbocycles. The van der Waals surface area contributed by atoms with Crippen LogP contribution in [0, 0.1) is 5.92 Å². The van der Waals surface area contributed by atoms with Crippen LogP contribution in [0.2, 0.25) is 0 Å². The van der Waals surface area contributed by atoms with E-state index in [0.717, 1.165) is 42.6 Å². The first-order chi connectivity index (χ1) is 14.8. The minimum atomic E-state index is 0.551. The predicted octanol–water partition coefficient (Wildman–Crippen LogP) is 4.75. The summed E-state index contributed by atoms with van der Waals surface area (Å²) in [5, 5.41) is 0. The van der Waals surface area contributed by atoms with Crippen molar-refractivity contribution in [3.63, 3.8) is 0 Å². The maximum atomic E-state index is 6.09. The summed E-state index contributed by atoms with van der Waals surface area (Å²) in [5.41, 5.74) is 2.44. The standard InChI is InChI=1S/C26H34N2O2/c1-29-25-13-12-24(18-26(25)30-21-23-10-6-3-7-11-23)20-28-16-14-27(15-17-28)19-22-8-4-2-5-9-22/h2-4,6-7,10-13,18,22H,5,8-9,14-17,19-21H2,1H3/t22-/m0/s1. The van der Waals surface area contributed by atoms with Gasteiger partial charge < -0.3 is 14.4 Å². The number of allylic oxidation sites excluding steroid dienone is 2. The van der Waals surface area contributed by atoms with Crippen molar-refractivity contribution in [3.8, 4) is 11.5 Å². The molecule has 2 aromatic carbocycles. The quantitative estimate of drug-likeness (QED) is 0.591. The Morgan fingerprint density at radius 1 is 0.867 bits per heavy atom. The van der Waals surface area contributed by atoms with Crippen LogP contribution in [0.25, 0.3) is 0 Å². The van der Waals surface area contributed by atoms with Crippen molar-refractivity contribution in [3.05, 3.63) is 71.8 Å². The SMILES string of the molecule is COc1ccc(CN2CCN(C[C@H]3CC=CCC3)CC2)cc1OCc1ccccc1. The highest BCUT2D eigenvalue weighted by Gasteiger charge is 2.20. The van der Waals surface area contributed by atoms with Gasteiger partial charge in [0.05, 0.1) is 7.11 Å². The predicted molar refractivity (Wildman–Crippen MR) is 122 cm³/mol. The van der Waals surface area contributed by atoms with E-state index in [9.17, 15) is 0 Å². The van der Waals surface area contributed by atoms with Crippen LogP contribution in [-0.2, 0) is 13.2 Å². The third kappa shape index (κ3) is 5.87. The number of benzene rings is 2. The van der Waals surface area contributed by atoms with Gasteiger partial charge in [-0.05, 0) is 48.4 Å². The molecule has 0 N–H and O–H groups in total. The van der Waals surface area contributed by atoms with Gasteiger partial charge in [0.25, 0.3) is 0 Å². The van der Waals surface area contributed by atoms with Crippen molar-refractivity contribution in [1.29, 1.82) is 0 Å². The second-order valence-electron chi connectivity index (χ2n) is 8.49. The Hall–Kier alpha value is -2.30. The number of rotatable bonds is 8. The first-order valence-electron chi connectivity index (χ1n) is 11.2.